The molecule has 1 aromatic rings. The van der Waals surface area contributed by atoms with Crippen LogP contribution in [-0.4, -0.2) is 71.6 Å². The van der Waals surface area contributed by atoms with Crippen molar-refractivity contribution in [1.29, 1.82) is 0 Å². The lowest BCUT2D eigenvalue weighted by molar-refractivity contribution is -0.124. The summed E-state index contributed by atoms with van der Waals surface area (Å²) in [5, 5.41) is 13.3. The highest BCUT2D eigenvalue weighted by atomic mass is 16.3. The molecule has 0 saturated carbocycles. The molecule has 0 unspecified atom stereocenters. The molecule has 3 rings (SSSR count). The number of aliphatic hydroxyl groups is 1. The van der Waals surface area contributed by atoms with E-state index in [1.807, 2.05) is 18.2 Å². The fraction of sp³-hybridized carbons (Fsp3) is 0.579. The maximum atomic E-state index is 12.5. The number of amides is 2. The van der Waals surface area contributed by atoms with Crippen molar-refractivity contribution in [3.8, 4) is 0 Å². The first kappa shape index (κ1) is 17.9. The van der Waals surface area contributed by atoms with Crippen molar-refractivity contribution in [2.45, 2.75) is 37.8 Å². The van der Waals surface area contributed by atoms with Crippen LogP contribution in [0.5, 0.6) is 0 Å². The summed E-state index contributed by atoms with van der Waals surface area (Å²) in [5.41, 5.74) is 0.627. The summed E-state index contributed by atoms with van der Waals surface area (Å²) in [7, 11) is 0. The number of likely N-dealkylation sites (tertiary alicyclic amines) is 2. The van der Waals surface area contributed by atoms with Crippen molar-refractivity contribution in [3.05, 3.63) is 35.9 Å². The summed E-state index contributed by atoms with van der Waals surface area (Å²) >= 11 is 0. The minimum atomic E-state index is -0.730. The molecule has 0 aliphatic carbocycles. The Balaban J connectivity index is 1.48. The quantitative estimate of drug-likeness (QED) is 0.849. The third-order valence-corrected chi connectivity index (χ3v) is 5.05. The number of piperidine rings is 2. The lowest BCUT2D eigenvalue weighted by Crippen LogP contribution is -2.56. The van der Waals surface area contributed by atoms with Crippen LogP contribution in [0.15, 0.2) is 30.3 Å². The highest BCUT2D eigenvalue weighted by Crippen LogP contribution is 2.15. The zero-order valence-electron chi connectivity index (χ0n) is 14.6. The van der Waals surface area contributed by atoms with Crippen molar-refractivity contribution in [1.82, 2.24) is 15.1 Å². The largest absolute Gasteiger partial charge is 0.389 e. The number of aliphatic hydroxyl groups excluding tert-OH is 1. The predicted octanol–water partition coefficient (Wildman–Crippen LogP) is 0.864. The number of nitrogens with one attached hydrogen (secondary N) is 1. The number of hydrogen-bond donors (Lipinski definition) is 2. The first-order valence-electron chi connectivity index (χ1n) is 9.17. The molecule has 0 spiro atoms. The molecular formula is C19H27N3O3. The second kappa shape index (κ2) is 8.45. The van der Waals surface area contributed by atoms with E-state index in [0.29, 0.717) is 25.1 Å². The summed E-state index contributed by atoms with van der Waals surface area (Å²) in [4.78, 5) is 28.5. The normalized spacial score (nSPS) is 24.8. The molecule has 2 N–H and O–H groups in total. The molecule has 6 nitrogen and oxygen atoms in total. The topological polar surface area (TPSA) is 72.9 Å². The summed E-state index contributed by atoms with van der Waals surface area (Å²) in [6, 6.07) is 8.81. The van der Waals surface area contributed by atoms with E-state index in [2.05, 4.69) is 10.2 Å². The third kappa shape index (κ3) is 4.80. The molecule has 2 aliphatic rings. The first-order valence-corrected chi connectivity index (χ1v) is 9.17. The standard InChI is InChI=1S/C19H27N3O3/c23-17-13-22(19(25)15-7-3-1-4-8-15)12-9-16(17)20-18(24)14-21-10-5-2-6-11-21/h1,3-4,7-8,16-17,23H,2,5-6,9-14H2,(H,20,24)/t16-,17-/m1/s1. The number of hydrogen-bond acceptors (Lipinski definition) is 4. The fourth-order valence-electron chi connectivity index (χ4n) is 3.62. The average Bonchev–Trinajstić information content (AvgIpc) is 2.64. The summed E-state index contributed by atoms with van der Waals surface area (Å²) in [5.74, 6) is -0.105. The molecule has 0 radical (unpaired) electrons. The van der Waals surface area contributed by atoms with E-state index in [-0.39, 0.29) is 24.4 Å². The highest BCUT2D eigenvalue weighted by molar-refractivity contribution is 5.94. The minimum absolute atomic E-state index is 0.0335. The Morgan fingerprint density at radius 3 is 2.48 bits per heavy atom. The third-order valence-electron chi connectivity index (χ3n) is 5.05. The van der Waals surface area contributed by atoms with Gasteiger partial charge < -0.3 is 15.3 Å². The monoisotopic (exact) mass is 345 g/mol. The molecule has 1 aromatic carbocycles. The molecule has 6 heteroatoms. The summed E-state index contributed by atoms with van der Waals surface area (Å²) in [6.07, 6.45) is 3.38. The van der Waals surface area contributed by atoms with Crippen LogP contribution in [0.1, 0.15) is 36.0 Å². The second-order valence-electron chi connectivity index (χ2n) is 6.98. The molecule has 2 amide bonds. The van der Waals surface area contributed by atoms with Gasteiger partial charge in [0.2, 0.25) is 5.91 Å². The highest BCUT2D eigenvalue weighted by Gasteiger charge is 2.31. The van der Waals surface area contributed by atoms with Crippen molar-refractivity contribution in [3.63, 3.8) is 0 Å². The second-order valence-corrected chi connectivity index (χ2v) is 6.98. The Morgan fingerprint density at radius 2 is 1.80 bits per heavy atom. The fourth-order valence-corrected chi connectivity index (χ4v) is 3.62. The SMILES string of the molecule is O=C(CN1CCCCC1)N[C@@H]1CCN(C(=O)c2ccccc2)C[C@H]1O. The smallest absolute Gasteiger partial charge is 0.253 e. The van der Waals surface area contributed by atoms with E-state index >= 15 is 0 Å². The molecular weight excluding hydrogens is 318 g/mol. The van der Waals surface area contributed by atoms with Crippen molar-refractivity contribution in [2.75, 3.05) is 32.7 Å². The lowest BCUT2D eigenvalue weighted by Gasteiger charge is -2.36. The zero-order valence-corrected chi connectivity index (χ0v) is 14.6. The van der Waals surface area contributed by atoms with Crippen molar-refractivity contribution in [2.24, 2.45) is 0 Å². The van der Waals surface area contributed by atoms with Crippen LogP contribution in [-0.2, 0) is 4.79 Å². The van der Waals surface area contributed by atoms with E-state index < -0.39 is 6.10 Å². The molecule has 2 heterocycles. The van der Waals surface area contributed by atoms with Gasteiger partial charge in [-0.15, -0.1) is 0 Å². The Kier molecular flexibility index (Phi) is 6.04. The Bertz CT molecular complexity index is 587. The Morgan fingerprint density at radius 1 is 1.08 bits per heavy atom. The number of carbonyl (C=O) groups is 2. The van der Waals surface area contributed by atoms with E-state index in [1.54, 1.807) is 17.0 Å². The zero-order chi connectivity index (χ0) is 17.6. The van der Waals surface area contributed by atoms with Gasteiger partial charge in [0, 0.05) is 18.7 Å². The van der Waals surface area contributed by atoms with E-state index in [4.69, 9.17) is 0 Å². The molecule has 0 bridgehead atoms. The van der Waals surface area contributed by atoms with Crippen LogP contribution >= 0.6 is 0 Å². The molecule has 2 aliphatic heterocycles. The maximum absolute atomic E-state index is 12.5. The van der Waals surface area contributed by atoms with Gasteiger partial charge in [0.05, 0.1) is 18.7 Å². The van der Waals surface area contributed by atoms with E-state index in [0.717, 1.165) is 25.9 Å². The molecule has 2 fully saturated rings. The van der Waals surface area contributed by atoms with Crippen LogP contribution in [0.2, 0.25) is 0 Å². The van der Waals surface area contributed by atoms with Crippen molar-refractivity contribution >= 4 is 11.8 Å². The van der Waals surface area contributed by atoms with Gasteiger partial charge in [0.1, 0.15) is 0 Å². The maximum Gasteiger partial charge on any atom is 0.253 e. The number of β-amino-alcohol motifs (C(OH)–C–C–N with tert-alkyl or cyclic N) is 1. The minimum Gasteiger partial charge on any atom is -0.389 e. The molecule has 0 aromatic heterocycles. The summed E-state index contributed by atoms with van der Waals surface area (Å²) in [6.45, 7) is 3.14. The Hall–Kier alpha value is -1.92. The van der Waals surface area contributed by atoms with Crippen LogP contribution < -0.4 is 5.32 Å². The van der Waals surface area contributed by atoms with Gasteiger partial charge in [-0.2, -0.15) is 0 Å². The van der Waals surface area contributed by atoms with Gasteiger partial charge in [0.15, 0.2) is 0 Å². The van der Waals surface area contributed by atoms with Crippen LogP contribution in [0.3, 0.4) is 0 Å². The van der Waals surface area contributed by atoms with E-state index in [9.17, 15) is 14.7 Å². The van der Waals surface area contributed by atoms with Crippen molar-refractivity contribution < 1.29 is 14.7 Å². The van der Waals surface area contributed by atoms with Crippen LogP contribution in [0.4, 0.5) is 0 Å². The molecule has 2 atom stereocenters. The first-order chi connectivity index (χ1) is 12.1. The van der Waals surface area contributed by atoms with E-state index in [1.165, 1.54) is 6.42 Å². The lowest BCUT2D eigenvalue weighted by atomic mass is 10.0. The van der Waals surface area contributed by atoms with Gasteiger partial charge in [-0.05, 0) is 44.5 Å². The van der Waals surface area contributed by atoms with Gasteiger partial charge >= 0.3 is 0 Å². The molecule has 2 saturated heterocycles. The molecule has 136 valence electrons. The van der Waals surface area contributed by atoms with Crippen LogP contribution in [0.25, 0.3) is 0 Å². The van der Waals surface area contributed by atoms with Crippen LogP contribution in [0, 0.1) is 0 Å². The number of benzene rings is 1. The summed E-state index contributed by atoms with van der Waals surface area (Å²) < 4.78 is 0. The number of carbonyl (C=O) groups excluding carboxylic acids is 2. The molecule has 25 heavy (non-hydrogen) atoms. The van der Waals surface area contributed by atoms with Gasteiger partial charge in [0.25, 0.3) is 5.91 Å². The number of rotatable bonds is 4. The van der Waals surface area contributed by atoms with Gasteiger partial charge in [-0.3, -0.25) is 14.5 Å². The predicted molar refractivity (Wildman–Crippen MR) is 95.2 cm³/mol. The number of nitrogens with zero attached hydrogens (tertiary/aromatic N) is 2. The van der Waals surface area contributed by atoms with Gasteiger partial charge in [-0.1, -0.05) is 24.6 Å². The van der Waals surface area contributed by atoms with Gasteiger partial charge in [-0.25, -0.2) is 0 Å². The Labute approximate surface area is 148 Å². The average molecular weight is 345 g/mol.